The number of fused-ring (bicyclic) bond motifs is 1. The highest BCUT2D eigenvalue weighted by Gasteiger charge is 2.14. The second kappa shape index (κ2) is 4.88. The molecule has 1 aromatic carbocycles. The summed E-state index contributed by atoms with van der Waals surface area (Å²) in [5, 5.41) is 2.84. The van der Waals surface area contributed by atoms with Gasteiger partial charge in [0, 0.05) is 6.54 Å². The molecule has 1 aromatic rings. The Morgan fingerprint density at radius 3 is 3.00 bits per heavy atom. The Morgan fingerprint density at radius 2 is 2.19 bits per heavy atom. The van der Waals surface area contributed by atoms with Crippen LogP contribution in [0.4, 0.5) is 0 Å². The van der Waals surface area contributed by atoms with Crippen LogP contribution in [-0.2, 0) is 11.2 Å². The number of amides is 1. The van der Waals surface area contributed by atoms with Gasteiger partial charge in [-0.25, -0.2) is 0 Å². The number of nitrogens with one attached hydrogen (secondary N) is 1. The number of carbonyl (C=O) groups excluding carboxylic acids is 1. The predicted molar refractivity (Wildman–Crippen MR) is 59.6 cm³/mol. The lowest BCUT2D eigenvalue weighted by atomic mass is 10.1. The molecule has 0 spiro atoms. The number of carbonyl (C=O) groups is 1. The van der Waals surface area contributed by atoms with Crippen molar-refractivity contribution in [2.45, 2.75) is 19.8 Å². The van der Waals surface area contributed by atoms with Crippen molar-refractivity contribution < 1.29 is 14.3 Å². The van der Waals surface area contributed by atoms with Gasteiger partial charge in [-0.05, 0) is 24.1 Å². The Bertz CT molecular complexity index is 390. The van der Waals surface area contributed by atoms with E-state index in [9.17, 15) is 4.79 Å². The summed E-state index contributed by atoms with van der Waals surface area (Å²) in [6, 6.07) is 5.58. The van der Waals surface area contributed by atoms with Crippen molar-refractivity contribution in [2.75, 3.05) is 13.3 Å². The Kier molecular flexibility index (Phi) is 3.29. The maximum absolute atomic E-state index is 11.5. The monoisotopic (exact) mass is 221 g/mol. The molecule has 1 aliphatic rings. The second-order valence-corrected chi connectivity index (χ2v) is 3.71. The molecule has 0 unspecified atom stereocenters. The fourth-order valence-electron chi connectivity index (χ4n) is 1.56. The first-order valence-electron chi connectivity index (χ1n) is 5.45. The normalized spacial score (nSPS) is 12.6. The van der Waals surface area contributed by atoms with E-state index in [1.165, 1.54) is 0 Å². The van der Waals surface area contributed by atoms with Crippen LogP contribution in [0, 0.1) is 0 Å². The van der Waals surface area contributed by atoms with Gasteiger partial charge < -0.3 is 14.8 Å². The van der Waals surface area contributed by atoms with E-state index in [2.05, 4.69) is 5.32 Å². The van der Waals surface area contributed by atoms with E-state index < -0.39 is 0 Å². The summed E-state index contributed by atoms with van der Waals surface area (Å²) in [7, 11) is 0. The summed E-state index contributed by atoms with van der Waals surface area (Å²) in [6.07, 6.45) is 1.34. The molecule has 16 heavy (non-hydrogen) atoms. The van der Waals surface area contributed by atoms with Crippen LogP contribution in [0.1, 0.15) is 18.9 Å². The number of hydrogen-bond donors (Lipinski definition) is 1. The van der Waals surface area contributed by atoms with Crippen molar-refractivity contribution in [3.63, 3.8) is 0 Å². The Balaban J connectivity index is 1.97. The Morgan fingerprint density at radius 1 is 1.38 bits per heavy atom. The minimum atomic E-state index is 0.0423. The molecule has 0 atom stereocenters. The molecular formula is C12H15NO3. The third kappa shape index (κ3) is 2.45. The summed E-state index contributed by atoms with van der Waals surface area (Å²) in [6.45, 7) is 3.02. The highest BCUT2D eigenvalue weighted by atomic mass is 16.7. The molecule has 0 aromatic heterocycles. The zero-order valence-electron chi connectivity index (χ0n) is 9.29. The quantitative estimate of drug-likeness (QED) is 0.837. The zero-order chi connectivity index (χ0) is 11.4. The molecule has 0 saturated carbocycles. The van der Waals surface area contributed by atoms with E-state index in [1.807, 2.05) is 25.1 Å². The van der Waals surface area contributed by atoms with Crippen LogP contribution < -0.4 is 14.8 Å². The first-order chi connectivity index (χ1) is 7.79. The van der Waals surface area contributed by atoms with Gasteiger partial charge in [0.15, 0.2) is 11.5 Å². The van der Waals surface area contributed by atoms with Crippen molar-refractivity contribution >= 4 is 5.91 Å². The molecule has 4 nitrogen and oxygen atoms in total. The maximum Gasteiger partial charge on any atom is 0.231 e. The molecule has 1 N–H and O–H groups in total. The lowest BCUT2D eigenvalue weighted by Crippen LogP contribution is -2.25. The van der Waals surface area contributed by atoms with Crippen LogP contribution in [-0.4, -0.2) is 19.2 Å². The minimum absolute atomic E-state index is 0.0423. The molecule has 0 saturated heterocycles. The zero-order valence-corrected chi connectivity index (χ0v) is 9.29. The highest BCUT2D eigenvalue weighted by Crippen LogP contribution is 2.32. The number of rotatable bonds is 4. The van der Waals surface area contributed by atoms with Crippen molar-refractivity contribution in [3.05, 3.63) is 23.8 Å². The van der Waals surface area contributed by atoms with Gasteiger partial charge in [-0.15, -0.1) is 0 Å². The molecular weight excluding hydrogens is 206 g/mol. The summed E-state index contributed by atoms with van der Waals surface area (Å²) >= 11 is 0. The standard InChI is InChI=1S/C12H15NO3/c1-2-5-13-12(14)7-9-3-4-10-11(6-9)16-8-15-10/h3-4,6H,2,5,7-8H2,1H3,(H,13,14). The minimum Gasteiger partial charge on any atom is -0.454 e. The molecule has 86 valence electrons. The molecule has 0 aliphatic carbocycles. The Hall–Kier alpha value is -1.71. The molecule has 2 rings (SSSR count). The van der Waals surface area contributed by atoms with Crippen LogP contribution in [0.3, 0.4) is 0 Å². The van der Waals surface area contributed by atoms with E-state index in [4.69, 9.17) is 9.47 Å². The average Bonchev–Trinajstić information content (AvgIpc) is 2.73. The first-order valence-corrected chi connectivity index (χ1v) is 5.45. The molecule has 0 fully saturated rings. The number of ether oxygens (including phenoxy) is 2. The van der Waals surface area contributed by atoms with Gasteiger partial charge >= 0.3 is 0 Å². The van der Waals surface area contributed by atoms with Crippen LogP contribution >= 0.6 is 0 Å². The lowest BCUT2D eigenvalue weighted by molar-refractivity contribution is -0.120. The summed E-state index contributed by atoms with van der Waals surface area (Å²) in [5.41, 5.74) is 0.942. The van der Waals surface area contributed by atoms with Gasteiger partial charge in [0.05, 0.1) is 6.42 Å². The van der Waals surface area contributed by atoms with Crippen molar-refractivity contribution in [1.29, 1.82) is 0 Å². The highest BCUT2D eigenvalue weighted by molar-refractivity contribution is 5.78. The van der Waals surface area contributed by atoms with Crippen molar-refractivity contribution in [1.82, 2.24) is 5.32 Å². The van der Waals surface area contributed by atoms with Gasteiger partial charge in [0.2, 0.25) is 12.7 Å². The van der Waals surface area contributed by atoms with Crippen LogP contribution in [0.2, 0.25) is 0 Å². The van der Waals surface area contributed by atoms with E-state index in [1.54, 1.807) is 0 Å². The summed E-state index contributed by atoms with van der Waals surface area (Å²) in [4.78, 5) is 11.5. The van der Waals surface area contributed by atoms with E-state index in [0.717, 1.165) is 30.0 Å². The largest absolute Gasteiger partial charge is 0.454 e. The third-order valence-corrected chi connectivity index (χ3v) is 2.37. The maximum atomic E-state index is 11.5. The molecule has 4 heteroatoms. The van der Waals surface area contributed by atoms with Crippen LogP contribution in [0.15, 0.2) is 18.2 Å². The van der Waals surface area contributed by atoms with Crippen LogP contribution in [0.5, 0.6) is 11.5 Å². The summed E-state index contributed by atoms with van der Waals surface area (Å²) < 4.78 is 10.4. The Labute approximate surface area is 94.6 Å². The van der Waals surface area contributed by atoms with Crippen molar-refractivity contribution in [3.8, 4) is 11.5 Å². The van der Waals surface area contributed by atoms with Gasteiger partial charge in [-0.3, -0.25) is 4.79 Å². The molecule has 1 amide bonds. The summed E-state index contributed by atoms with van der Waals surface area (Å²) in [5.74, 6) is 1.51. The average molecular weight is 221 g/mol. The molecule has 0 bridgehead atoms. The fraction of sp³-hybridized carbons (Fsp3) is 0.417. The van der Waals surface area contributed by atoms with Gasteiger partial charge in [-0.1, -0.05) is 13.0 Å². The van der Waals surface area contributed by atoms with E-state index >= 15 is 0 Å². The van der Waals surface area contributed by atoms with Gasteiger partial charge in [-0.2, -0.15) is 0 Å². The van der Waals surface area contributed by atoms with Gasteiger partial charge in [0.1, 0.15) is 0 Å². The third-order valence-electron chi connectivity index (χ3n) is 2.37. The fourth-order valence-corrected chi connectivity index (χ4v) is 1.56. The second-order valence-electron chi connectivity index (χ2n) is 3.71. The lowest BCUT2D eigenvalue weighted by Gasteiger charge is -2.04. The van der Waals surface area contributed by atoms with Gasteiger partial charge in [0.25, 0.3) is 0 Å². The topological polar surface area (TPSA) is 47.6 Å². The van der Waals surface area contributed by atoms with E-state index in [-0.39, 0.29) is 12.7 Å². The molecule has 1 aliphatic heterocycles. The number of hydrogen-bond acceptors (Lipinski definition) is 3. The first kappa shape index (κ1) is 10.8. The molecule has 1 heterocycles. The van der Waals surface area contributed by atoms with Crippen molar-refractivity contribution in [2.24, 2.45) is 0 Å². The molecule has 0 radical (unpaired) electrons. The SMILES string of the molecule is CCCNC(=O)Cc1ccc2c(c1)OCO2. The smallest absolute Gasteiger partial charge is 0.231 e. The van der Waals surface area contributed by atoms with Crippen LogP contribution in [0.25, 0.3) is 0 Å². The van der Waals surface area contributed by atoms with E-state index in [0.29, 0.717) is 6.42 Å². The number of benzene rings is 1. The predicted octanol–water partition coefficient (Wildman–Crippen LogP) is 1.48.